The maximum absolute atomic E-state index is 13.3. The van der Waals surface area contributed by atoms with Gasteiger partial charge in [-0.25, -0.2) is 0 Å². The molecule has 1 aliphatic rings. The van der Waals surface area contributed by atoms with Crippen LogP contribution in [0.15, 0.2) is 54.6 Å². The molecule has 0 N–H and O–H groups in total. The first-order valence-electron chi connectivity index (χ1n) is 13.0. The van der Waals surface area contributed by atoms with Crippen molar-refractivity contribution in [3.8, 4) is 5.75 Å². The first-order chi connectivity index (χ1) is 18.1. The molecule has 1 unspecified atom stereocenters. The Balaban J connectivity index is 1.64. The average Bonchev–Trinajstić information content (AvgIpc) is 2.89. The fourth-order valence-electron chi connectivity index (χ4n) is 5.20. The Morgan fingerprint density at radius 1 is 1.16 bits per heavy atom. The number of carbonyl (C=O) groups excluding carboxylic acids is 2. The van der Waals surface area contributed by atoms with Crippen molar-refractivity contribution in [3.63, 3.8) is 0 Å². The van der Waals surface area contributed by atoms with Crippen LogP contribution in [0.5, 0.6) is 5.75 Å². The second-order valence-electron chi connectivity index (χ2n) is 10.3. The molecule has 0 aromatic heterocycles. The molecule has 0 saturated carbocycles. The monoisotopic (exact) mass is 526 g/mol. The number of methoxy groups -OCH3 is 1. The minimum absolute atomic E-state index is 0.00371. The number of hydrogen-bond acceptors (Lipinski definition) is 8. The number of esters is 1. The summed E-state index contributed by atoms with van der Waals surface area (Å²) in [5.41, 5.74) is 2.32. The molecule has 3 rings (SSSR count). The number of Topliss-reactive ketones (excluding diaryl/α,β-unsaturated/α-hetero) is 1. The molecule has 4 atom stereocenters. The number of benzene rings is 2. The van der Waals surface area contributed by atoms with Crippen LogP contribution in [-0.2, 0) is 31.0 Å². The highest BCUT2D eigenvalue weighted by Crippen LogP contribution is 2.40. The Hall–Kier alpha value is -3.46. The number of carbonyl (C=O) groups is 2. The summed E-state index contributed by atoms with van der Waals surface area (Å²) in [6, 6.07) is 18.1. The summed E-state index contributed by atoms with van der Waals surface area (Å²) < 4.78 is 10.3. The smallest absolute Gasteiger partial charge is 0.308 e. The van der Waals surface area contributed by atoms with E-state index in [1.807, 2.05) is 42.5 Å². The molecule has 0 spiro atoms. The largest absolute Gasteiger partial charge is 0.497 e. The summed E-state index contributed by atoms with van der Waals surface area (Å²) in [7, 11) is 1.68. The first-order valence-corrected chi connectivity index (χ1v) is 13.0. The van der Waals surface area contributed by atoms with E-state index in [4.69, 9.17) is 9.47 Å². The molecular formula is C29H38N2O7. The van der Waals surface area contributed by atoms with Gasteiger partial charge in [-0.1, -0.05) is 56.3 Å². The SMILES string of the molecule is COc1cccc([C@]2(C)CCN(C[C@H](Cc3ccccc3)C(=O)CCC(=O)OC(C)O[N+](=O)[O-])C[C@@H]2C)c1. The van der Waals surface area contributed by atoms with Crippen LogP contribution >= 0.6 is 0 Å². The van der Waals surface area contributed by atoms with Gasteiger partial charge in [-0.2, -0.15) is 0 Å². The van der Waals surface area contributed by atoms with Gasteiger partial charge in [0.15, 0.2) is 0 Å². The molecule has 206 valence electrons. The molecule has 1 fully saturated rings. The van der Waals surface area contributed by atoms with Crippen LogP contribution in [0.25, 0.3) is 0 Å². The summed E-state index contributed by atoms with van der Waals surface area (Å²) in [5, 5.41) is 9.39. The zero-order chi connectivity index (χ0) is 27.7. The Kier molecular flexibility index (Phi) is 10.2. The number of piperidine rings is 1. The van der Waals surface area contributed by atoms with E-state index in [0.717, 1.165) is 30.8 Å². The fourth-order valence-corrected chi connectivity index (χ4v) is 5.20. The van der Waals surface area contributed by atoms with Crippen molar-refractivity contribution in [3.05, 3.63) is 75.8 Å². The van der Waals surface area contributed by atoms with Crippen LogP contribution in [0.4, 0.5) is 0 Å². The van der Waals surface area contributed by atoms with Gasteiger partial charge in [-0.15, -0.1) is 10.1 Å². The van der Waals surface area contributed by atoms with E-state index in [9.17, 15) is 19.7 Å². The second kappa shape index (κ2) is 13.4. The van der Waals surface area contributed by atoms with E-state index >= 15 is 0 Å². The van der Waals surface area contributed by atoms with Crippen LogP contribution in [-0.4, -0.2) is 54.8 Å². The molecule has 1 heterocycles. The highest BCUT2D eigenvalue weighted by Gasteiger charge is 2.39. The second-order valence-corrected chi connectivity index (χ2v) is 10.3. The predicted octanol–water partition coefficient (Wildman–Crippen LogP) is 4.60. The molecule has 9 heteroatoms. The van der Waals surface area contributed by atoms with Gasteiger partial charge in [0, 0.05) is 25.4 Å². The Morgan fingerprint density at radius 2 is 1.89 bits per heavy atom. The zero-order valence-electron chi connectivity index (χ0n) is 22.6. The number of hydrogen-bond donors (Lipinski definition) is 0. The van der Waals surface area contributed by atoms with E-state index in [1.54, 1.807) is 7.11 Å². The molecular weight excluding hydrogens is 488 g/mol. The minimum Gasteiger partial charge on any atom is -0.497 e. The third kappa shape index (κ3) is 8.02. The van der Waals surface area contributed by atoms with Crippen LogP contribution < -0.4 is 4.74 Å². The number of likely N-dealkylation sites (tertiary alicyclic amines) is 1. The van der Waals surface area contributed by atoms with Gasteiger partial charge in [0.05, 0.1) is 13.5 Å². The molecule has 0 bridgehead atoms. The zero-order valence-corrected chi connectivity index (χ0v) is 22.6. The lowest BCUT2D eigenvalue weighted by atomic mass is 9.68. The lowest BCUT2D eigenvalue weighted by Crippen LogP contribution is -2.49. The van der Waals surface area contributed by atoms with Crippen molar-refractivity contribution in [1.82, 2.24) is 4.90 Å². The maximum atomic E-state index is 13.3. The van der Waals surface area contributed by atoms with Crippen molar-refractivity contribution in [2.75, 3.05) is 26.7 Å². The van der Waals surface area contributed by atoms with Crippen LogP contribution in [0.2, 0.25) is 0 Å². The number of rotatable bonds is 13. The van der Waals surface area contributed by atoms with E-state index in [2.05, 4.69) is 35.7 Å². The molecule has 1 aliphatic heterocycles. The highest BCUT2D eigenvalue weighted by atomic mass is 17.0. The average molecular weight is 527 g/mol. The van der Waals surface area contributed by atoms with Crippen molar-refractivity contribution in [1.29, 1.82) is 0 Å². The van der Waals surface area contributed by atoms with Crippen LogP contribution in [0.1, 0.15) is 51.2 Å². The number of ether oxygens (including phenoxy) is 2. The normalized spacial score (nSPS) is 21.2. The lowest BCUT2D eigenvalue weighted by Gasteiger charge is -2.46. The van der Waals surface area contributed by atoms with E-state index in [1.165, 1.54) is 12.5 Å². The quantitative estimate of drug-likeness (QED) is 0.161. The van der Waals surface area contributed by atoms with Gasteiger partial charge in [-0.3, -0.25) is 14.4 Å². The Morgan fingerprint density at radius 3 is 2.55 bits per heavy atom. The van der Waals surface area contributed by atoms with Gasteiger partial charge in [0.25, 0.3) is 5.09 Å². The molecule has 2 aromatic rings. The molecule has 0 aliphatic carbocycles. The summed E-state index contributed by atoms with van der Waals surface area (Å²) in [5.74, 6) is 0.193. The number of nitrogens with zero attached hydrogens (tertiary/aromatic N) is 2. The summed E-state index contributed by atoms with van der Waals surface area (Å²) >= 11 is 0. The minimum atomic E-state index is -1.32. The van der Waals surface area contributed by atoms with Crippen molar-refractivity contribution < 1.29 is 29.0 Å². The van der Waals surface area contributed by atoms with Gasteiger partial charge in [0.1, 0.15) is 11.5 Å². The molecule has 9 nitrogen and oxygen atoms in total. The van der Waals surface area contributed by atoms with E-state index < -0.39 is 17.3 Å². The van der Waals surface area contributed by atoms with Gasteiger partial charge in [-0.05, 0) is 60.9 Å². The Labute approximate surface area is 224 Å². The topological polar surface area (TPSA) is 108 Å². The maximum Gasteiger partial charge on any atom is 0.308 e. The van der Waals surface area contributed by atoms with Crippen molar-refractivity contribution >= 4 is 11.8 Å². The third-order valence-electron chi connectivity index (χ3n) is 7.66. The molecule has 2 aromatic carbocycles. The number of ketones is 1. The van der Waals surface area contributed by atoms with Crippen LogP contribution in [0, 0.1) is 22.0 Å². The Bertz CT molecular complexity index is 1090. The fraction of sp³-hybridized carbons (Fsp3) is 0.517. The van der Waals surface area contributed by atoms with Gasteiger partial charge < -0.3 is 14.4 Å². The van der Waals surface area contributed by atoms with E-state index in [0.29, 0.717) is 18.9 Å². The standard InChI is InChI=1S/C29H38N2O7/c1-21-19-30(16-15-29(21,3)25-11-8-12-26(18-25)36-4)20-24(17-23-9-6-5-7-10-23)27(32)13-14-28(33)37-22(2)38-31(34)35/h5-12,18,21-22,24H,13-17,19-20H2,1-4H3/t21-,22?,24-,29+/m0/s1. The third-order valence-corrected chi connectivity index (χ3v) is 7.66. The summed E-state index contributed by atoms with van der Waals surface area (Å²) in [4.78, 5) is 42.4. The summed E-state index contributed by atoms with van der Waals surface area (Å²) in [6.45, 7) is 8.12. The molecule has 0 radical (unpaired) electrons. The first kappa shape index (κ1) is 29.1. The highest BCUT2D eigenvalue weighted by molar-refractivity contribution is 5.85. The van der Waals surface area contributed by atoms with Crippen molar-refractivity contribution in [2.24, 2.45) is 11.8 Å². The predicted molar refractivity (Wildman–Crippen MR) is 142 cm³/mol. The van der Waals surface area contributed by atoms with Gasteiger partial charge in [0.2, 0.25) is 6.29 Å². The van der Waals surface area contributed by atoms with Gasteiger partial charge >= 0.3 is 5.97 Å². The van der Waals surface area contributed by atoms with E-state index in [-0.39, 0.29) is 30.0 Å². The van der Waals surface area contributed by atoms with Crippen LogP contribution in [0.3, 0.4) is 0 Å². The summed E-state index contributed by atoms with van der Waals surface area (Å²) in [6.07, 6.45) is 0.0650. The lowest BCUT2D eigenvalue weighted by molar-refractivity contribution is -0.777. The molecule has 38 heavy (non-hydrogen) atoms. The molecule has 1 saturated heterocycles. The molecule has 0 amide bonds. The van der Waals surface area contributed by atoms with Crippen molar-refractivity contribution in [2.45, 2.75) is 58.2 Å².